The van der Waals surface area contributed by atoms with Gasteiger partial charge in [0.25, 0.3) is 0 Å². The molecular formula is C16H20N4OS. The van der Waals surface area contributed by atoms with Gasteiger partial charge in [-0.05, 0) is 32.3 Å². The monoisotopic (exact) mass is 316 g/mol. The number of rotatable bonds is 2. The fourth-order valence-corrected chi connectivity index (χ4v) is 4.12. The summed E-state index contributed by atoms with van der Waals surface area (Å²) < 4.78 is 0. The fraction of sp³-hybridized carbons (Fsp3) is 0.562. The lowest BCUT2D eigenvalue weighted by atomic mass is 10.2. The third kappa shape index (κ3) is 2.26. The Balaban J connectivity index is 1.57. The molecule has 2 aliphatic rings. The van der Waals surface area contributed by atoms with Crippen LogP contribution in [0.15, 0.2) is 6.33 Å². The maximum Gasteiger partial charge on any atom is 0.225 e. The van der Waals surface area contributed by atoms with Crippen molar-refractivity contribution < 1.29 is 4.79 Å². The van der Waals surface area contributed by atoms with Crippen LogP contribution >= 0.6 is 11.3 Å². The lowest BCUT2D eigenvalue weighted by molar-refractivity contribution is -0.132. The molecule has 0 spiro atoms. The minimum atomic E-state index is 0.319. The van der Waals surface area contributed by atoms with Crippen LogP contribution in [0, 0.1) is 19.8 Å². The SMILES string of the molecule is Cc1sc2ncnc(N3CCN(C(=O)C4CC4)CC3)c2c1C. The predicted molar refractivity (Wildman–Crippen MR) is 88.4 cm³/mol. The first kappa shape index (κ1) is 13.9. The second-order valence-corrected chi connectivity index (χ2v) is 7.45. The molecule has 2 aromatic rings. The van der Waals surface area contributed by atoms with Crippen LogP contribution < -0.4 is 4.90 Å². The molecule has 3 heterocycles. The zero-order valence-electron chi connectivity index (χ0n) is 13.0. The maximum absolute atomic E-state index is 12.2. The van der Waals surface area contributed by atoms with Crippen LogP contribution in [0.2, 0.25) is 0 Å². The van der Waals surface area contributed by atoms with Crippen molar-refractivity contribution in [1.29, 1.82) is 0 Å². The van der Waals surface area contributed by atoms with Crippen LogP contribution in [-0.4, -0.2) is 47.0 Å². The summed E-state index contributed by atoms with van der Waals surface area (Å²) in [4.78, 5) is 27.8. The van der Waals surface area contributed by atoms with E-state index in [1.165, 1.54) is 15.8 Å². The van der Waals surface area contributed by atoms with E-state index in [9.17, 15) is 4.79 Å². The molecule has 6 heteroatoms. The van der Waals surface area contributed by atoms with Crippen molar-refractivity contribution in [1.82, 2.24) is 14.9 Å². The van der Waals surface area contributed by atoms with E-state index in [1.54, 1.807) is 17.7 Å². The first-order chi connectivity index (χ1) is 10.6. The van der Waals surface area contributed by atoms with Gasteiger partial charge in [0.15, 0.2) is 0 Å². The maximum atomic E-state index is 12.2. The third-order valence-electron chi connectivity index (χ3n) is 4.76. The molecule has 1 saturated carbocycles. The van der Waals surface area contributed by atoms with Gasteiger partial charge in [-0.15, -0.1) is 11.3 Å². The Bertz CT molecular complexity index is 729. The van der Waals surface area contributed by atoms with E-state index < -0.39 is 0 Å². The Morgan fingerprint density at radius 2 is 1.91 bits per heavy atom. The van der Waals surface area contributed by atoms with Crippen molar-refractivity contribution in [2.75, 3.05) is 31.1 Å². The van der Waals surface area contributed by atoms with Crippen molar-refractivity contribution in [3.8, 4) is 0 Å². The average Bonchev–Trinajstić information content (AvgIpc) is 3.34. The molecular weight excluding hydrogens is 296 g/mol. The van der Waals surface area contributed by atoms with E-state index in [0.717, 1.165) is 49.7 Å². The number of hydrogen-bond acceptors (Lipinski definition) is 5. The van der Waals surface area contributed by atoms with Crippen LogP contribution in [0.25, 0.3) is 10.2 Å². The molecule has 0 N–H and O–H groups in total. The number of nitrogens with zero attached hydrogens (tertiary/aromatic N) is 4. The molecule has 0 bridgehead atoms. The minimum absolute atomic E-state index is 0.319. The third-order valence-corrected chi connectivity index (χ3v) is 5.88. The number of aryl methyl sites for hydroxylation is 2. The molecule has 2 aromatic heterocycles. The summed E-state index contributed by atoms with van der Waals surface area (Å²) in [6.07, 6.45) is 3.83. The zero-order chi connectivity index (χ0) is 15.3. The molecule has 1 aliphatic heterocycles. The van der Waals surface area contributed by atoms with Gasteiger partial charge < -0.3 is 9.80 Å². The highest BCUT2D eigenvalue weighted by atomic mass is 32.1. The largest absolute Gasteiger partial charge is 0.352 e. The van der Waals surface area contributed by atoms with Gasteiger partial charge >= 0.3 is 0 Å². The standard InChI is InChI=1S/C16H20N4OS/c1-10-11(2)22-15-13(10)14(17-9-18-15)19-5-7-20(8-6-19)16(21)12-3-4-12/h9,12H,3-8H2,1-2H3. The van der Waals surface area contributed by atoms with Crippen molar-refractivity contribution in [3.63, 3.8) is 0 Å². The molecule has 1 amide bonds. The van der Waals surface area contributed by atoms with Gasteiger partial charge in [-0.1, -0.05) is 0 Å². The van der Waals surface area contributed by atoms with Crippen LogP contribution in [0.4, 0.5) is 5.82 Å². The van der Waals surface area contributed by atoms with Crippen LogP contribution in [0.5, 0.6) is 0 Å². The number of fused-ring (bicyclic) bond motifs is 1. The van der Waals surface area contributed by atoms with Crippen molar-refractivity contribution in [2.24, 2.45) is 5.92 Å². The highest BCUT2D eigenvalue weighted by Gasteiger charge is 2.35. The lowest BCUT2D eigenvalue weighted by Crippen LogP contribution is -2.49. The number of carbonyl (C=O) groups excluding carboxylic acids is 1. The van der Waals surface area contributed by atoms with E-state index >= 15 is 0 Å². The zero-order valence-corrected chi connectivity index (χ0v) is 13.8. The number of aromatic nitrogens is 2. The summed E-state index contributed by atoms with van der Waals surface area (Å²) in [5.41, 5.74) is 1.28. The summed E-state index contributed by atoms with van der Waals surface area (Å²) in [7, 11) is 0. The Morgan fingerprint density at radius 3 is 2.59 bits per heavy atom. The number of carbonyl (C=O) groups is 1. The number of thiophene rings is 1. The van der Waals surface area contributed by atoms with Crippen molar-refractivity contribution in [3.05, 3.63) is 16.8 Å². The molecule has 1 saturated heterocycles. The summed E-state index contributed by atoms with van der Waals surface area (Å²) >= 11 is 1.73. The van der Waals surface area contributed by atoms with Gasteiger partial charge in [0, 0.05) is 37.0 Å². The van der Waals surface area contributed by atoms with Crippen LogP contribution in [0.3, 0.4) is 0 Å². The average molecular weight is 316 g/mol. The molecule has 2 fully saturated rings. The summed E-state index contributed by atoms with van der Waals surface area (Å²) in [6.45, 7) is 7.62. The highest BCUT2D eigenvalue weighted by molar-refractivity contribution is 7.18. The van der Waals surface area contributed by atoms with Gasteiger partial charge in [0.1, 0.15) is 17.0 Å². The summed E-state index contributed by atoms with van der Waals surface area (Å²) in [5, 5.41) is 1.19. The van der Waals surface area contributed by atoms with Gasteiger partial charge in [-0.3, -0.25) is 4.79 Å². The molecule has 1 aliphatic carbocycles. The minimum Gasteiger partial charge on any atom is -0.352 e. The predicted octanol–water partition coefficient (Wildman–Crippen LogP) is 2.37. The van der Waals surface area contributed by atoms with Gasteiger partial charge in [0.05, 0.1) is 5.39 Å². The Kier molecular flexibility index (Phi) is 3.29. The first-order valence-electron chi connectivity index (χ1n) is 7.89. The Labute approximate surface area is 134 Å². The van der Waals surface area contributed by atoms with Crippen LogP contribution in [-0.2, 0) is 4.79 Å². The van der Waals surface area contributed by atoms with Crippen molar-refractivity contribution >= 4 is 33.3 Å². The Morgan fingerprint density at radius 1 is 1.18 bits per heavy atom. The van der Waals surface area contributed by atoms with E-state index in [2.05, 4.69) is 28.7 Å². The number of hydrogen-bond donors (Lipinski definition) is 0. The summed E-state index contributed by atoms with van der Waals surface area (Å²) in [5.74, 6) is 1.71. The molecule has 0 atom stereocenters. The molecule has 0 unspecified atom stereocenters. The smallest absolute Gasteiger partial charge is 0.225 e. The molecule has 22 heavy (non-hydrogen) atoms. The van der Waals surface area contributed by atoms with Crippen LogP contribution in [0.1, 0.15) is 23.3 Å². The molecule has 0 aromatic carbocycles. The lowest BCUT2D eigenvalue weighted by Gasteiger charge is -2.35. The first-order valence-corrected chi connectivity index (χ1v) is 8.71. The number of amides is 1. The number of piperazine rings is 1. The second-order valence-electron chi connectivity index (χ2n) is 6.25. The molecule has 116 valence electrons. The van der Waals surface area contributed by atoms with Crippen molar-refractivity contribution in [2.45, 2.75) is 26.7 Å². The van der Waals surface area contributed by atoms with Gasteiger partial charge in [-0.25, -0.2) is 9.97 Å². The topological polar surface area (TPSA) is 49.3 Å². The molecule has 4 rings (SSSR count). The van der Waals surface area contributed by atoms with E-state index in [-0.39, 0.29) is 0 Å². The van der Waals surface area contributed by atoms with E-state index in [4.69, 9.17) is 0 Å². The second kappa shape index (κ2) is 5.19. The van der Waals surface area contributed by atoms with Gasteiger partial charge in [0.2, 0.25) is 5.91 Å². The summed E-state index contributed by atoms with van der Waals surface area (Å²) in [6, 6.07) is 0. The molecule has 5 nitrogen and oxygen atoms in total. The van der Waals surface area contributed by atoms with Gasteiger partial charge in [-0.2, -0.15) is 0 Å². The Hall–Kier alpha value is -1.69. The molecule has 0 radical (unpaired) electrons. The van der Waals surface area contributed by atoms with E-state index in [1.807, 2.05) is 4.90 Å². The highest BCUT2D eigenvalue weighted by Crippen LogP contribution is 2.35. The van der Waals surface area contributed by atoms with E-state index in [0.29, 0.717) is 11.8 Å². The normalized spacial score (nSPS) is 19.0. The quantitative estimate of drug-likeness (QED) is 0.853. The fourth-order valence-electron chi connectivity index (χ4n) is 3.13. The number of anilines is 1.